The lowest BCUT2D eigenvalue weighted by atomic mass is 9.99. The predicted molar refractivity (Wildman–Crippen MR) is 178 cm³/mol. The molecule has 0 heterocycles. The molecule has 3 aliphatic carbocycles. The Balaban J connectivity index is 0.00000462. The van der Waals surface area contributed by atoms with Gasteiger partial charge in [-0.25, -0.2) is 0 Å². The highest BCUT2D eigenvalue weighted by Crippen LogP contribution is 2.77. The number of benzene rings is 1. The summed E-state index contributed by atoms with van der Waals surface area (Å²) < 4.78 is 12.5. The molecular formula is C35H62BrO3PSi. The molecule has 0 spiro atoms. The number of ether oxygens (including phenoxy) is 1. The van der Waals surface area contributed by atoms with Crippen LogP contribution < -0.4 is 27.0 Å². The minimum Gasteiger partial charge on any atom is -1.00 e. The normalized spacial score (nSPS) is 20.1. The van der Waals surface area contributed by atoms with Gasteiger partial charge < -0.3 is 31.3 Å². The number of aromatic hydroxyl groups is 1. The standard InChI is InChI=1S/C35H61O3PSi.BrH/c1-37-40(2,3)28-18-7-5-4-6-17-27-38-34-26-25-30(36)29-35(34)39(31-19-11-8-12-20-31,32-21-13-9-14-22-32)33-23-15-10-16-24-33;/h25-26,29,31-33H,4-24,27-28H2,1-3H3;1H. The van der Waals surface area contributed by atoms with Crippen LogP contribution >= 0.6 is 7.26 Å². The largest absolute Gasteiger partial charge is 1.00 e. The Kier molecular flexibility index (Phi) is 15.5. The van der Waals surface area contributed by atoms with Gasteiger partial charge in [0.2, 0.25) is 0 Å². The van der Waals surface area contributed by atoms with Crippen molar-refractivity contribution < 1.29 is 31.3 Å². The molecule has 0 radical (unpaired) electrons. The molecule has 0 atom stereocenters. The van der Waals surface area contributed by atoms with Crippen LogP contribution in [0.3, 0.4) is 0 Å². The highest BCUT2D eigenvalue weighted by Gasteiger charge is 2.60. The highest BCUT2D eigenvalue weighted by molar-refractivity contribution is 7.85. The van der Waals surface area contributed by atoms with Gasteiger partial charge in [-0.3, -0.25) is 0 Å². The van der Waals surface area contributed by atoms with Gasteiger partial charge in [-0.15, -0.1) is 0 Å². The van der Waals surface area contributed by atoms with Crippen LogP contribution in [-0.2, 0) is 4.43 Å². The molecule has 0 aliphatic heterocycles. The van der Waals surface area contributed by atoms with Crippen LogP contribution in [0.25, 0.3) is 0 Å². The van der Waals surface area contributed by atoms with Crippen LogP contribution in [0, 0.1) is 0 Å². The van der Waals surface area contributed by atoms with Crippen molar-refractivity contribution in [3.05, 3.63) is 18.2 Å². The van der Waals surface area contributed by atoms with Crippen molar-refractivity contribution in [1.29, 1.82) is 0 Å². The maximum absolute atomic E-state index is 10.9. The number of phenolic OH excluding ortho intramolecular Hbond substituents is 1. The molecule has 0 aromatic heterocycles. The Bertz CT molecular complexity index is 817. The Labute approximate surface area is 265 Å². The van der Waals surface area contributed by atoms with Crippen molar-refractivity contribution >= 4 is 20.9 Å². The molecule has 6 heteroatoms. The summed E-state index contributed by atoms with van der Waals surface area (Å²) in [5.74, 6) is 1.62. The van der Waals surface area contributed by atoms with Crippen molar-refractivity contribution in [2.45, 2.75) is 171 Å². The van der Waals surface area contributed by atoms with E-state index in [0.717, 1.165) is 35.8 Å². The maximum atomic E-state index is 10.9. The van der Waals surface area contributed by atoms with Crippen LogP contribution in [0.15, 0.2) is 18.2 Å². The molecule has 0 bridgehead atoms. The van der Waals surface area contributed by atoms with Gasteiger partial charge in [-0.2, -0.15) is 0 Å². The van der Waals surface area contributed by atoms with E-state index in [9.17, 15) is 5.11 Å². The molecule has 0 unspecified atom stereocenters. The Morgan fingerprint density at radius 1 is 0.707 bits per heavy atom. The zero-order valence-electron chi connectivity index (χ0n) is 26.8. The lowest BCUT2D eigenvalue weighted by molar-refractivity contribution is -0.0000107. The van der Waals surface area contributed by atoms with E-state index >= 15 is 0 Å². The quantitative estimate of drug-likeness (QED) is 0.119. The summed E-state index contributed by atoms with van der Waals surface area (Å²) in [4.78, 5) is 0. The first kappa shape index (κ1) is 35.4. The highest BCUT2D eigenvalue weighted by atomic mass is 79.9. The molecule has 3 nitrogen and oxygen atoms in total. The molecule has 4 rings (SSSR count). The van der Waals surface area contributed by atoms with Gasteiger partial charge in [0.15, 0.2) is 14.1 Å². The fourth-order valence-electron chi connectivity index (χ4n) is 8.58. The van der Waals surface area contributed by atoms with Crippen LogP contribution in [0.5, 0.6) is 11.5 Å². The zero-order chi connectivity index (χ0) is 28.3. The van der Waals surface area contributed by atoms with Gasteiger partial charge in [0.25, 0.3) is 0 Å². The van der Waals surface area contributed by atoms with Crippen LogP contribution in [0.4, 0.5) is 0 Å². The summed E-state index contributed by atoms with van der Waals surface area (Å²) in [7, 11) is -1.03. The first-order valence-electron chi connectivity index (χ1n) is 17.4. The molecule has 0 amide bonds. The van der Waals surface area contributed by atoms with Crippen molar-refractivity contribution in [3.63, 3.8) is 0 Å². The molecule has 1 aromatic rings. The van der Waals surface area contributed by atoms with E-state index in [4.69, 9.17) is 9.16 Å². The number of rotatable bonds is 15. The summed E-state index contributed by atoms with van der Waals surface area (Å²) >= 11 is 0. The van der Waals surface area contributed by atoms with E-state index in [1.54, 1.807) is 0 Å². The minimum atomic E-state index is -1.52. The number of hydrogen-bond acceptors (Lipinski definition) is 3. The van der Waals surface area contributed by atoms with Gasteiger partial charge in [0.1, 0.15) is 11.1 Å². The molecule has 3 saturated carbocycles. The van der Waals surface area contributed by atoms with Gasteiger partial charge in [-0.1, -0.05) is 51.4 Å². The van der Waals surface area contributed by atoms with Gasteiger partial charge in [-0.05, 0) is 115 Å². The third kappa shape index (κ3) is 9.70. The number of unbranched alkanes of at least 4 members (excludes halogenated alkanes) is 5. The summed E-state index contributed by atoms with van der Waals surface area (Å²) in [6, 6.07) is 7.58. The molecule has 3 aliphatic rings. The molecule has 3 fully saturated rings. The summed E-state index contributed by atoms with van der Waals surface area (Å²) in [6.07, 6.45) is 28.9. The molecule has 236 valence electrons. The predicted octanol–water partition coefficient (Wildman–Crippen LogP) is 7.61. The van der Waals surface area contributed by atoms with Crippen LogP contribution in [-0.4, -0.2) is 44.1 Å². The van der Waals surface area contributed by atoms with Crippen LogP contribution in [0.2, 0.25) is 19.1 Å². The molecule has 1 aromatic carbocycles. The number of halogens is 1. The second kappa shape index (κ2) is 18.0. The van der Waals surface area contributed by atoms with E-state index in [1.807, 2.05) is 13.2 Å². The van der Waals surface area contributed by atoms with Crippen molar-refractivity contribution in [2.75, 3.05) is 13.7 Å². The first-order chi connectivity index (χ1) is 19.5. The maximum Gasteiger partial charge on any atom is 0.186 e. The third-order valence-corrected chi connectivity index (χ3v) is 19.9. The Morgan fingerprint density at radius 3 is 1.66 bits per heavy atom. The van der Waals surface area contributed by atoms with E-state index in [2.05, 4.69) is 25.2 Å². The lowest BCUT2D eigenvalue weighted by Gasteiger charge is -2.49. The van der Waals surface area contributed by atoms with E-state index in [1.165, 1.54) is 140 Å². The third-order valence-electron chi connectivity index (χ3n) is 10.9. The van der Waals surface area contributed by atoms with Gasteiger partial charge in [0, 0.05) is 13.2 Å². The molecule has 41 heavy (non-hydrogen) atoms. The van der Waals surface area contributed by atoms with E-state index in [0.29, 0.717) is 5.75 Å². The fraction of sp³-hybridized carbons (Fsp3) is 0.829. The monoisotopic (exact) mass is 668 g/mol. The van der Waals surface area contributed by atoms with Gasteiger partial charge >= 0.3 is 0 Å². The molecule has 0 saturated heterocycles. The van der Waals surface area contributed by atoms with E-state index < -0.39 is 15.6 Å². The minimum absolute atomic E-state index is 0. The topological polar surface area (TPSA) is 38.7 Å². The first-order valence-corrected chi connectivity index (χ1v) is 22.5. The number of hydrogen-bond donors (Lipinski definition) is 1. The average Bonchev–Trinajstić information content (AvgIpc) is 2.99. The van der Waals surface area contributed by atoms with Crippen molar-refractivity contribution in [3.8, 4) is 11.5 Å². The fourth-order valence-corrected chi connectivity index (χ4v) is 17.4. The molecule has 1 N–H and O–H groups in total. The smallest absolute Gasteiger partial charge is 0.186 e. The van der Waals surface area contributed by atoms with Gasteiger partial charge in [0.05, 0.1) is 30.8 Å². The second-order valence-corrected chi connectivity index (χ2v) is 22.8. The Morgan fingerprint density at radius 2 is 1.17 bits per heavy atom. The Hall–Kier alpha value is -0.0931. The molecular weight excluding hydrogens is 607 g/mol. The second-order valence-electron chi connectivity index (χ2n) is 14.0. The zero-order valence-corrected chi connectivity index (χ0v) is 30.3. The average molecular weight is 670 g/mol. The van der Waals surface area contributed by atoms with E-state index in [-0.39, 0.29) is 17.0 Å². The SMILES string of the molecule is CO[Si](C)(C)CCCCCCCCOc1ccc(O)cc1[P+](C1CCCCC1)(C1CCCCC1)C1CCCCC1.[Br-]. The lowest BCUT2D eigenvalue weighted by Crippen LogP contribution is -3.00. The number of phenols is 1. The summed E-state index contributed by atoms with van der Waals surface area (Å²) in [6.45, 7) is 5.48. The van der Waals surface area contributed by atoms with Crippen molar-refractivity contribution in [2.24, 2.45) is 0 Å². The summed E-state index contributed by atoms with van der Waals surface area (Å²) in [5, 5.41) is 12.4. The van der Waals surface area contributed by atoms with Crippen LogP contribution in [0.1, 0.15) is 135 Å². The van der Waals surface area contributed by atoms with Crippen molar-refractivity contribution in [1.82, 2.24) is 0 Å². The summed E-state index contributed by atoms with van der Waals surface area (Å²) in [5.41, 5.74) is 2.55.